The lowest BCUT2D eigenvalue weighted by Gasteiger charge is -2.29. The molecular formula is C52H97ClO28Si. The first-order valence-electron chi connectivity index (χ1n) is 27.4. The number of cyclic esters (lactones) is 3. The Morgan fingerprint density at radius 3 is 1.24 bits per heavy atom. The molecule has 9 fully saturated rings. The second-order valence-corrected chi connectivity index (χ2v) is 31.2. The molecule has 0 aromatic rings. The van der Waals surface area contributed by atoms with Gasteiger partial charge in [-0.05, 0) is 86.6 Å². The van der Waals surface area contributed by atoms with E-state index in [2.05, 4.69) is 43.3 Å². The maximum Gasteiger partial charge on any atom is 0.338 e. The predicted octanol–water partition coefficient (Wildman–Crippen LogP) is -0.993. The zero-order valence-corrected chi connectivity index (χ0v) is 52.0. The monoisotopic (exact) mass is 1230 g/mol. The number of esters is 3. The SMILES string of the molecule is CC(C)(C)[Si](C)(C)Cl.CC1(C)OC2C(=O)O[C@H](CO)C2O1.CC[C@@H](O)C1OC(C)(C)OC1C(C)O.CC[C@H]1OC(=O)C2OC(C)(C)OC21.CC[C@H]1OC(O)C2OC(C)(C)OC21.O.O=C1O[C@H](CO)C(O)C1O.OC[C@H]1OC(O)C(O)C1O. The highest BCUT2D eigenvalue weighted by molar-refractivity contribution is 7.20. The number of hydrogen-bond donors (Lipinski definition) is 11. The van der Waals surface area contributed by atoms with Crippen molar-refractivity contribution in [1.82, 2.24) is 0 Å². The van der Waals surface area contributed by atoms with Gasteiger partial charge in [-0.2, -0.15) is 11.1 Å². The average molecular weight is 1230 g/mol. The molecule has 0 saturated carbocycles. The Balaban J connectivity index is 0.000000328. The molecule has 0 spiro atoms. The molecular weight excluding hydrogens is 1140 g/mol. The first kappa shape index (κ1) is 76.1. The first-order valence-corrected chi connectivity index (χ1v) is 31.4. The largest absolute Gasteiger partial charge is 0.457 e. The molecule has 484 valence electrons. The summed E-state index contributed by atoms with van der Waals surface area (Å²) in [7, 11) is -1.39. The van der Waals surface area contributed by atoms with Gasteiger partial charge in [0.15, 0.2) is 73.6 Å². The molecule has 9 saturated heterocycles. The molecule has 0 amide bonds. The van der Waals surface area contributed by atoms with Gasteiger partial charge >= 0.3 is 17.9 Å². The maximum atomic E-state index is 11.3. The molecule has 21 atom stereocenters. The van der Waals surface area contributed by atoms with E-state index >= 15 is 0 Å². The van der Waals surface area contributed by atoms with E-state index in [0.29, 0.717) is 11.5 Å². The Morgan fingerprint density at radius 2 is 0.890 bits per heavy atom. The second kappa shape index (κ2) is 30.8. The summed E-state index contributed by atoms with van der Waals surface area (Å²) in [4.78, 5) is 32.9. The van der Waals surface area contributed by atoms with Gasteiger partial charge in [-0.25, -0.2) is 14.4 Å². The van der Waals surface area contributed by atoms with Gasteiger partial charge in [0.2, 0.25) is 0 Å². The minimum Gasteiger partial charge on any atom is -0.457 e. The fourth-order valence-electron chi connectivity index (χ4n) is 8.87. The molecule has 9 rings (SSSR count). The zero-order valence-electron chi connectivity index (χ0n) is 50.2. The average Bonchev–Trinajstić information content (AvgIpc) is 4.46. The third-order valence-corrected chi connectivity index (χ3v) is 19.5. The van der Waals surface area contributed by atoms with Crippen molar-refractivity contribution in [1.29, 1.82) is 0 Å². The summed E-state index contributed by atoms with van der Waals surface area (Å²) in [6.07, 6.45) is -12.3. The third-order valence-electron chi connectivity index (χ3n) is 14.2. The smallest absolute Gasteiger partial charge is 0.338 e. The summed E-state index contributed by atoms with van der Waals surface area (Å²) in [5.41, 5.74) is 0. The number of hydrogen-bond acceptors (Lipinski definition) is 27. The zero-order chi connectivity index (χ0) is 62.3. The lowest BCUT2D eigenvalue weighted by Crippen LogP contribution is -2.40. The minimum atomic E-state index is -1.50. The van der Waals surface area contributed by atoms with Gasteiger partial charge in [-0.3, -0.25) is 0 Å². The Morgan fingerprint density at radius 1 is 0.512 bits per heavy atom. The normalized spacial score (nSPS) is 39.0. The summed E-state index contributed by atoms with van der Waals surface area (Å²) < 4.78 is 68.0. The lowest BCUT2D eigenvalue weighted by atomic mass is 10.0. The van der Waals surface area contributed by atoms with E-state index in [1.807, 2.05) is 48.5 Å². The molecule has 9 aliphatic heterocycles. The highest BCUT2D eigenvalue weighted by Gasteiger charge is 2.57. The van der Waals surface area contributed by atoms with Crippen molar-refractivity contribution in [2.75, 3.05) is 19.8 Å². The van der Waals surface area contributed by atoms with E-state index in [1.54, 1.807) is 34.6 Å². The molecule has 9 aliphatic rings. The van der Waals surface area contributed by atoms with Gasteiger partial charge < -0.3 is 123 Å². The number of aliphatic hydroxyl groups is 11. The Hall–Kier alpha value is -1.96. The van der Waals surface area contributed by atoms with E-state index in [9.17, 15) is 29.7 Å². The van der Waals surface area contributed by atoms with E-state index in [0.717, 1.165) is 12.8 Å². The van der Waals surface area contributed by atoms with Gasteiger partial charge in [0, 0.05) is 0 Å². The Kier molecular flexibility index (Phi) is 28.6. The molecule has 0 aliphatic carbocycles. The number of carbonyl (C=O) groups is 3. The van der Waals surface area contributed by atoms with Crippen LogP contribution in [0.4, 0.5) is 0 Å². The standard InChI is InChI=1S/C10H20O4.C9H16O4.C9H14O4.C8H12O5.C6H15ClSi.C5H10O5.C5H8O5.H2O/c1-5-7(12)9-8(6(2)11)13-10(3,4)14-9;2*1-4-5-6-7(8(10)11-5)13-9(2,3)12-6;1-8(2)12-5-4(3-9)11-7(10)6(5)13-8;1-6(2,3)8(4,5)7;2*6-1-2-3(7)4(8)5(9)10-2;/h6-9,11-12H,5H2,1-4H3;5-8,10H,4H2,1-3H3;5-7H,4H2,1-3H3;4-6,9H,3H2,1-2H3;1-5H3;2-9H,1H2;2-4,6-8H,1H2;1H2/t6?,7-,8?,9?;5-,6?,7?,8?;5-,6?,7?;4-,5?,6?;;2-,3?,4?,5?;2-,3?,4?;/m1111.11./s1. The molecule has 0 radical (unpaired) electrons. The summed E-state index contributed by atoms with van der Waals surface area (Å²) in [6, 6.07) is 0. The number of ether oxygens (including phenoxy) is 13. The van der Waals surface area contributed by atoms with Crippen molar-refractivity contribution in [2.45, 2.75) is 293 Å². The number of fused-ring (bicyclic) bond motifs is 3. The second-order valence-electron chi connectivity index (χ2n) is 23.9. The highest BCUT2D eigenvalue weighted by atomic mass is 35.6. The van der Waals surface area contributed by atoms with Crippen LogP contribution in [0.25, 0.3) is 0 Å². The fourth-order valence-corrected chi connectivity index (χ4v) is 8.87. The van der Waals surface area contributed by atoms with Crippen LogP contribution in [0.3, 0.4) is 0 Å². The third kappa shape index (κ3) is 20.3. The number of rotatable bonds is 8. The summed E-state index contributed by atoms with van der Waals surface area (Å²) in [6.45, 7) is 31.7. The first-order chi connectivity index (χ1) is 37.0. The van der Waals surface area contributed by atoms with E-state index in [1.165, 1.54) is 0 Å². The van der Waals surface area contributed by atoms with Gasteiger partial charge in [0.1, 0.15) is 67.1 Å². The van der Waals surface area contributed by atoms with Crippen LogP contribution >= 0.6 is 11.1 Å². The summed E-state index contributed by atoms with van der Waals surface area (Å²) in [5, 5.41) is 98.9. The van der Waals surface area contributed by atoms with Crippen molar-refractivity contribution >= 4 is 36.4 Å². The van der Waals surface area contributed by atoms with Gasteiger partial charge in [-0.1, -0.05) is 54.6 Å². The highest BCUT2D eigenvalue weighted by Crippen LogP contribution is 2.41. The van der Waals surface area contributed by atoms with Crippen LogP contribution in [0, 0.1) is 0 Å². The fraction of sp³-hybridized carbons (Fsp3) is 0.942. The molecule has 0 aromatic heterocycles. The van der Waals surface area contributed by atoms with E-state index < -0.39 is 154 Å². The quantitative estimate of drug-likeness (QED) is 0.0601. The number of aliphatic hydroxyl groups excluding tert-OH is 11. The Bertz CT molecular complexity index is 1910. The molecule has 0 aromatic carbocycles. The van der Waals surface area contributed by atoms with Crippen LogP contribution in [0.15, 0.2) is 0 Å². The topological polar surface area (TPSA) is 425 Å². The predicted molar refractivity (Wildman–Crippen MR) is 287 cm³/mol. The molecule has 82 heavy (non-hydrogen) atoms. The van der Waals surface area contributed by atoms with Crippen molar-refractivity contribution in [3.8, 4) is 0 Å². The van der Waals surface area contributed by atoms with E-state index in [4.69, 9.17) is 104 Å². The van der Waals surface area contributed by atoms with Crippen LogP contribution in [0.1, 0.15) is 123 Å². The van der Waals surface area contributed by atoms with Crippen LogP contribution in [-0.2, 0) is 76.0 Å². The maximum absolute atomic E-state index is 11.3. The van der Waals surface area contributed by atoms with Crippen LogP contribution in [0.2, 0.25) is 18.1 Å². The van der Waals surface area contributed by atoms with Crippen molar-refractivity contribution in [3.63, 3.8) is 0 Å². The molecule has 9 heterocycles. The van der Waals surface area contributed by atoms with Crippen LogP contribution in [-0.4, -0.2) is 258 Å². The summed E-state index contributed by atoms with van der Waals surface area (Å²) in [5.74, 6) is -4.34. The lowest BCUT2D eigenvalue weighted by molar-refractivity contribution is -0.220. The molecule has 15 unspecified atom stereocenters. The van der Waals surface area contributed by atoms with Gasteiger partial charge in [0.05, 0.1) is 38.1 Å². The number of halogens is 1. The van der Waals surface area contributed by atoms with Crippen molar-refractivity contribution in [2.24, 2.45) is 0 Å². The molecule has 28 nitrogen and oxygen atoms in total. The van der Waals surface area contributed by atoms with E-state index in [-0.39, 0.29) is 48.6 Å². The number of carbonyl (C=O) groups excluding carboxylic acids is 3. The molecule has 13 N–H and O–H groups in total. The molecule has 30 heteroatoms. The van der Waals surface area contributed by atoms with Crippen LogP contribution < -0.4 is 0 Å². The minimum absolute atomic E-state index is 0. The Labute approximate surface area is 485 Å². The van der Waals surface area contributed by atoms with Gasteiger partial charge in [0.25, 0.3) is 0 Å². The van der Waals surface area contributed by atoms with Crippen molar-refractivity contribution < 1.29 is 138 Å². The summed E-state index contributed by atoms with van der Waals surface area (Å²) >= 11 is 6.15. The van der Waals surface area contributed by atoms with Gasteiger partial charge in [-0.15, -0.1) is 0 Å². The molecule has 0 bridgehead atoms. The van der Waals surface area contributed by atoms with Crippen molar-refractivity contribution in [3.05, 3.63) is 0 Å². The van der Waals surface area contributed by atoms with Crippen LogP contribution in [0.5, 0.6) is 0 Å².